The Morgan fingerprint density at radius 3 is 1.55 bits per heavy atom. The molecular formula is C58H34Br2N4. The Labute approximate surface area is 385 Å². The van der Waals surface area contributed by atoms with Gasteiger partial charge in [0.1, 0.15) is 11.6 Å². The quantitative estimate of drug-likeness (QED) is 0.161. The minimum Gasteiger partial charge on any atom is -0.292 e. The van der Waals surface area contributed by atoms with Gasteiger partial charge in [-0.25, -0.2) is 9.97 Å². The molecule has 0 saturated carbocycles. The smallest absolute Gasteiger partial charge is 0.145 e. The first-order valence-electron chi connectivity index (χ1n) is 21.4. The highest BCUT2D eigenvalue weighted by atomic mass is 79.9. The first-order valence-corrected chi connectivity index (χ1v) is 23.0. The van der Waals surface area contributed by atoms with E-state index in [0.717, 1.165) is 87.1 Å². The molecule has 2 aromatic heterocycles. The largest absolute Gasteiger partial charge is 0.292 e. The third-order valence-corrected chi connectivity index (χ3v) is 14.0. The average Bonchev–Trinajstić information content (AvgIpc) is 3.93. The molecule has 0 saturated heterocycles. The molecule has 0 aliphatic carbocycles. The van der Waals surface area contributed by atoms with E-state index in [4.69, 9.17) is 9.97 Å². The summed E-state index contributed by atoms with van der Waals surface area (Å²) in [5.74, 6) is 1.83. The second kappa shape index (κ2) is 14.6. The molecule has 0 aliphatic heterocycles. The van der Waals surface area contributed by atoms with E-state index >= 15 is 0 Å². The lowest BCUT2D eigenvalue weighted by molar-refractivity contribution is 1.10. The van der Waals surface area contributed by atoms with Gasteiger partial charge in [-0.1, -0.05) is 190 Å². The predicted octanol–water partition coefficient (Wildman–Crippen LogP) is 16.7. The van der Waals surface area contributed by atoms with Gasteiger partial charge >= 0.3 is 0 Å². The van der Waals surface area contributed by atoms with Crippen LogP contribution in [0.15, 0.2) is 215 Å². The second-order valence-electron chi connectivity index (χ2n) is 16.4. The number of imidazole rings is 2. The molecule has 2 heterocycles. The monoisotopic (exact) mass is 944 g/mol. The van der Waals surface area contributed by atoms with E-state index in [2.05, 4.69) is 247 Å². The third-order valence-electron chi connectivity index (χ3n) is 12.8. The Balaban J connectivity index is 1.07. The van der Waals surface area contributed by atoms with Crippen molar-refractivity contribution in [3.63, 3.8) is 0 Å². The molecular weight excluding hydrogens is 912 g/mol. The lowest BCUT2D eigenvalue weighted by atomic mass is 9.90. The van der Waals surface area contributed by atoms with E-state index in [9.17, 15) is 0 Å². The van der Waals surface area contributed by atoms with Crippen molar-refractivity contribution in [3.8, 4) is 45.3 Å². The summed E-state index contributed by atoms with van der Waals surface area (Å²) in [5, 5.41) is 11.7. The van der Waals surface area contributed by atoms with Crippen LogP contribution in [-0.2, 0) is 0 Å². The van der Waals surface area contributed by atoms with Gasteiger partial charge in [-0.05, 0) is 92.0 Å². The van der Waals surface area contributed by atoms with Gasteiger partial charge in [0.15, 0.2) is 0 Å². The topological polar surface area (TPSA) is 35.6 Å². The highest BCUT2D eigenvalue weighted by Gasteiger charge is 2.23. The van der Waals surface area contributed by atoms with Gasteiger partial charge in [-0.3, -0.25) is 9.13 Å². The Hall–Kier alpha value is -7.38. The number of hydrogen-bond acceptors (Lipinski definition) is 2. The Morgan fingerprint density at radius 2 is 0.859 bits per heavy atom. The molecule has 0 amide bonds. The van der Waals surface area contributed by atoms with Gasteiger partial charge < -0.3 is 0 Å². The molecule has 0 aliphatic rings. The minimum absolute atomic E-state index is 0.911. The molecule has 0 N–H and O–H groups in total. The van der Waals surface area contributed by atoms with Crippen molar-refractivity contribution in [1.29, 1.82) is 0 Å². The van der Waals surface area contributed by atoms with E-state index < -0.39 is 0 Å². The molecule has 13 aromatic rings. The summed E-state index contributed by atoms with van der Waals surface area (Å²) in [5.41, 5.74) is 10.6. The normalized spacial score (nSPS) is 11.9. The van der Waals surface area contributed by atoms with Crippen LogP contribution in [0.25, 0.3) is 121 Å². The highest BCUT2D eigenvalue weighted by molar-refractivity contribution is 9.11. The molecule has 0 atom stereocenters. The van der Waals surface area contributed by atoms with E-state index in [1.807, 2.05) is 0 Å². The van der Waals surface area contributed by atoms with Crippen LogP contribution in [0.3, 0.4) is 0 Å². The molecule has 0 bridgehead atoms. The number of fused-ring (bicyclic) bond motifs is 13. The van der Waals surface area contributed by atoms with Crippen molar-refractivity contribution < 1.29 is 0 Å². The molecule has 6 heteroatoms. The zero-order valence-corrected chi connectivity index (χ0v) is 37.3. The van der Waals surface area contributed by atoms with Crippen LogP contribution in [0.5, 0.6) is 0 Å². The predicted molar refractivity (Wildman–Crippen MR) is 275 cm³/mol. The van der Waals surface area contributed by atoms with Gasteiger partial charge in [0, 0.05) is 53.0 Å². The van der Waals surface area contributed by atoms with Crippen molar-refractivity contribution in [2.75, 3.05) is 0 Å². The SMILES string of the molecule is Brc1cc2c(nc(-c3ccccc3)n2-c2ccccc2)c2ccc3ccc(-c4ccc5c6ccccc6c6c(c(Br)cc7nc(-c8ccccc8)n(-c8ccccc8)c76)c5c4)cc3c12. The maximum Gasteiger partial charge on any atom is 0.145 e. The summed E-state index contributed by atoms with van der Waals surface area (Å²) < 4.78 is 6.67. The fourth-order valence-electron chi connectivity index (χ4n) is 9.97. The summed E-state index contributed by atoms with van der Waals surface area (Å²) in [6, 6.07) is 73.7. The fourth-order valence-corrected chi connectivity index (χ4v) is 11.2. The molecule has 0 spiro atoms. The van der Waals surface area contributed by atoms with Crippen LogP contribution in [0.4, 0.5) is 0 Å². The van der Waals surface area contributed by atoms with Crippen molar-refractivity contribution in [2.45, 2.75) is 0 Å². The second-order valence-corrected chi connectivity index (χ2v) is 18.1. The molecule has 0 radical (unpaired) electrons. The Morgan fingerprint density at radius 1 is 0.344 bits per heavy atom. The number of rotatable bonds is 5. The van der Waals surface area contributed by atoms with Crippen LogP contribution in [0.1, 0.15) is 0 Å². The summed E-state index contributed by atoms with van der Waals surface area (Å²) in [7, 11) is 0. The number of hydrogen-bond donors (Lipinski definition) is 0. The molecule has 64 heavy (non-hydrogen) atoms. The molecule has 11 aromatic carbocycles. The van der Waals surface area contributed by atoms with E-state index in [0.29, 0.717) is 0 Å². The maximum atomic E-state index is 5.41. The van der Waals surface area contributed by atoms with Crippen LogP contribution < -0.4 is 0 Å². The summed E-state index contributed by atoms with van der Waals surface area (Å²) in [4.78, 5) is 10.8. The number of aromatic nitrogens is 4. The molecule has 300 valence electrons. The van der Waals surface area contributed by atoms with Crippen molar-refractivity contribution in [3.05, 3.63) is 215 Å². The van der Waals surface area contributed by atoms with Crippen LogP contribution in [0, 0.1) is 0 Å². The number of nitrogens with zero attached hydrogens (tertiary/aromatic N) is 4. The summed E-state index contributed by atoms with van der Waals surface area (Å²) in [6.45, 7) is 0. The van der Waals surface area contributed by atoms with E-state index in [1.54, 1.807) is 0 Å². The van der Waals surface area contributed by atoms with Crippen molar-refractivity contribution >= 4 is 108 Å². The third kappa shape index (κ3) is 5.66. The van der Waals surface area contributed by atoms with E-state index in [-0.39, 0.29) is 0 Å². The maximum absolute atomic E-state index is 5.41. The first kappa shape index (κ1) is 37.2. The van der Waals surface area contributed by atoms with Crippen LogP contribution in [-0.4, -0.2) is 19.1 Å². The fraction of sp³-hybridized carbons (Fsp3) is 0. The van der Waals surface area contributed by atoms with Gasteiger partial charge in [-0.15, -0.1) is 0 Å². The average molecular weight is 947 g/mol. The lowest BCUT2D eigenvalue weighted by Gasteiger charge is -2.16. The van der Waals surface area contributed by atoms with Crippen LogP contribution in [0.2, 0.25) is 0 Å². The highest BCUT2D eigenvalue weighted by Crippen LogP contribution is 2.46. The number of benzene rings is 11. The van der Waals surface area contributed by atoms with Gasteiger partial charge in [0.2, 0.25) is 0 Å². The standard InChI is InChI=1S/C58H34Br2N4/c59-48-33-50-56(64(41-21-11-4-12-22-41)57(61-50)36-15-5-1-6-16-36)54-44-24-14-13-23-42(44)43-29-28-39(32-47(43)53(48)54)38-26-25-35-27-30-45-52(46(35)31-38)49(60)34-51-55(45)62-58(37-17-7-2-8-18-37)63(51)40-19-9-3-10-20-40/h1-34H. The van der Waals surface area contributed by atoms with Gasteiger partial charge in [0.25, 0.3) is 0 Å². The molecule has 4 nitrogen and oxygen atoms in total. The Kier molecular flexibility index (Phi) is 8.48. The molecule has 0 unspecified atom stereocenters. The van der Waals surface area contributed by atoms with E-state index in [1.165, 1.54) is 43.1 Å². The van der Waals surface area contributed by atoms with Crippen molar-refractivity contribution in [1.82, 2.24) is 19.1 Å². The summed E-state index contributed by atoms with van der Waals surface area (Å²) >= 11 is 8.20. The number of halogens is 2. The minimum atomic E-state index is 0.911. The molecule has 13 rings (SSSR count). The van der Waals surface area contributed by atoms with Gasteiger partial charge in [-0.2, -0.15) is 0 Å². The van der Waals surface area contributed by atoms with Gasteiger partial charge in [0.05, 0.1) is 22.1 Å². The van der Waals surface area contributed by atoms with Crippen LogP contribution >= 0.6 is 31.9 Å². The summed E-state index contributed by atoms with van der Waals surface area (Å²) in [6.07, 6.45) is 0. The first-order chi connectivity index (χ1) is 31.6. The van der Waals surface area contributed by atoms with Crippen molar-refractivity contribution in [2.24, 2.45) is 0 Å². The number of para-hydroxylation sites is 2. The lowest BCUT2D eigenvalue weighted by Crippen LogP contribution is -1.98. The zero-order chi connectivity index (χ0) is 42.5. The molecule has 0 fully saturated rings. The zero-order valence-electron chi connectivity index (χ0n) is 34.2. The Bertz CT molecular complexity index is 4010.